The number of piperidine rings is 1. The fourth-order valence-electron chi connectivity index (χ4n) is 3.71. The van der Waals surface area contributed by atoms with Crippen LogP contribution in [-0.4, -0.2) is 56.7 Å². The molecule has 4 heterocycles. The average molecular weight is 367 g/mol. The van der Waals surface area contributed by atoms with Crippen molar-refractivity contribution in [2.45, 2.75) is 24.8 Å². The molecule has 27 heavy (non-hydrogen) atoms. The summed E-state index contributed by atoms with van der Waals surface area (Å²) < 4.78 is 3.68. The Morgan fingerprint density at radius 2 is 2.19 bits per heavy atom. The van der Waals surface area contributed by atoms with Crippen LogP contribution in [0.15, 0.2) is 30.7 Å². The van der Waals surface area contributed by atoms with Crippen LogP contribution in [0.4, 0.5) is 5.82 Å². The monoisotopic (exact) mass is 367 g/mol. The van der Waals surface area contributed by atoms with Crippen LogP contribution < -0.4 is 11.1 Å². The summed E-state index contributed by atoms with van der Waals surface area (Å²) in [5.74, 6) is 0.921. The minimum absolute atomic E-state index is 0.118. The number of aromatic nitrogens is 4. The smallest absolute Gasteiger partial charge is 0.239 e. The van der Waals surface area contributed by atoms with Crippen molar-refractivity contribution in [3.05, 3.63) is 36.4 Å². The van der Waals surface area contributed by atoms with Gasteiger partial charge in [-0.1, -0.05) is 0 Å². The molecule has 1 amide bonds. The van der Waals surface area contributed by atoms with E-state index in [0.717, 1.165) is 35.3 Å². The number of fused-ring (bicyclic) bond motifs is 1. The summed E-state index contributed by atoms with van der Waals surface area (Å²) in [4.78, 5) is 18.7. The van der Waals surface area contributed by atoms with Crippen LogP contribution in [0.2, 0.25) is 0 Å². The van der Waals surface area contributed by atoms with Gasteiger partial charge in [-0.3, -0.25) is 4.79 Å². The number of aryl methyl sites for hydroxylation is 1. The topological polar surface area (TPSA) is 93.5 Å². The number of rotatable bonds is 3. The van der Waals surface area contributed by atoms with E-state index in [1.165, 1.54) is 0 Å². The van der Waals surface area contributed by atoms with Crippen molar-refractivity contribution >= 4 is 17.4 Å². The van der Waals surface area contributed by atoms with Crippen molar-refractivity contribution < 1.29 is 4.79 Å². The Bertz CT molecular complexity index is 979. The lowest BCUT2D eigenvalue weighted by Gasteiger charge is -2.30. The molecule has 0 spiro atoms. The fourth-order valence-corrected chi connectivity index (χ4v) is 3.71. The number of nitrogens with zero attached hydrogens (tertiary/aromatic N) is 5. The maximum Gasteiger partial charge on any atom is 0.239 e. The summed E-state index contributed by atoms with van der Waals surface area (Å²) in [6, 6.07) is 3.82. The maximum absolute atomic E-state index is 12.2. The number of nitrogens with two attached hydrogens (primary N) is 1. The molecule has 3 aromatic heterocycles. The molecule has 3 aromatic rings. The minimum atomic E-state index is -0.118. The van der Waals surface area contributed by atoms with Crippen molar-refractivity contribution in [3.8, 4) is 11.1 Å². The first-order valence-electron chi connectivity index (χ1n) is 9.15. The first kappa shape index (κ1) is 17.5. The van der Waals surface area contributed by atoms with Gasteiger partial charge in [0.05, 0.1) is 17.9 Å². The Morgan fingerprint density at radius 1 is 1.37 bits per heavy atom. The van der Waals surface area contributed by atoms with E-state index >= 15 is 0 Å². The van der Waals surface area contributed by atoms with Gasteiger partial charge >= 0.3 is 0 Å². The second-order valence-corrected chi connectivity index (χ2v) is 7.43. The van der Waals surface area contributed by atoms with E-state index in [-0.39, 0.29) is 17.9 Å². The van der Waals surface area contributed by atoms with Crippen LogP contribution in [0, 0.1) is 0 Å². The lowest BCUT2D eigenvalue weighted by Crippen LogP contribution is -2.48. The molecule has 8 heteroatoms. The van der Waals surface area contributed by atoms with Crippen LogP contribution in [0.25, 0.3) is 16.8 Å². The van der Waals surface area contributed by atoms with Crippen molar-refractivity contribution in [2.24, 2.45) is 7.05 Å². The van der Waals surface area contributed by atoms with Crippen molar-refractivity contribution in [2.75, 3.05) is 26.4 Å². The molecule has 3 N–H and O–H groups in total. The van der Waals surface area contributed by atoms with Crippen molar-refractivity contribution in [1.29, 1.82) is 0 Å². The normalized spacial score (nSPS) is 20.1. The Morgan fingerprint density at radius 3 is 2.81 bits per heavy atom. The van der Waals surface area contributed by atoms with Crippen LogP contribution in [-0.2, 0) is 11.8 Å². The highest BCUT2D eigenvalue weighted by molar-refractivity contribution is 5.81. The summed E-state index contributed by atoms with van der Waals surface area (Å²) in [5.41, 5.74) is 9.99. The molecule has 0 saturated carbocycles. The largest absolute Gasteiger partial charge is 0.384 e. The average Bonchev–Trinajstić information content (AvgIpc) is 3.27. The van der Waals surface area contributed by atoms with Gasteiger partial charge in [0.15, 0.2) is 5.65 Å². The zero-order chi connectivity index (χ0) is 19.1. The molecule has 2 atom stereocenters. The molecule has 0 radical (unpaired) electrons. The minimum Gasteiger partial charge on any atom is -0.384 e. The first-order valence-corrected chi connectivity index (χ1v) is 9.15. The summed E-state index contributed by atoms with van der Waals surface area (Å²) >= 11 is 0. The van der Waals surface area contributed by atoms with Crippen molar-refractivity contribution in [1.82, 2.24) is 29.4 Å². The van der Waals surface area contributed by atoms with Gasteiger partial charge in [-0.25, -0.2) is 4.98 Å². The predicted molar refractivity (Wildman–Crippen MR) is 104 cm³/mol. The molecule has 1 aliphatic rings. The molecule has 142 valence electrons. The second kappa shape index (κ2) is 6.70. The lowest BCUT2D eigenvalue weighted by atomic mass is 9.91. The van der Waals surface area contributed by atoms with Crippen LogP contribution in [0.1, 0.15) is 24.5 Å². The third-order valence-electron chi connectivity index (χ3n) is 5.23. The van der Waals surface area contributed by atoms with E-state index in [9.17, 15) is 4.79 Å². The number of amides is 1. The molecule has 1 fully saturated rings. The van der Waals surface area contributed by atoms with E-state index in [2.05, 4.69) is 10.4 Å². The number of carbonyl (C=O) groups is 1. The quantitative estimate of drug-likeness (QED) is 0.726. The number of carbonyl (C=O) groups excluding carboxylic acids is 1. The molecular formula is C19H25N7O. The number of anilines is 1. The summed E-state index contributed by atoms with van der Waals surface area (Å²) in [6.07, 6.45) is 7.54. The first-order chi connectivity index (χ1) is 12.9. The van der Waals surface area contributed by atoms with Crippen molar-refractivity contribution in [3.63, 3.8) is 0 Å². The van der Waals surface area contributed by atoms with E-state index in [1.54, 1.807) is 23.5 Å². The highest BCUT2D eigenvalue weighted by atomic mass is 16.2. The third-order valence-corrected chi connectivity index (χ3v) is 5.23. The van der Waals surface area contributed by atoms with E-state index in [1.807, 2.05) is 42.3 Å². The standard InChI is InChI=1S/C19H25N7O/c1-24(2)19(27)15-5-4-12(9-21-15)16-8-17(20)26-18(23-16)14(10-22-26)13-6-7-25(3)11-13/h6-8,10-12,15,21H,4-5,9,20H2,1-3H3. The molecule has 1 aliphatic heterocycles. The number of likely N-dealkylation sites (N-methyl/N-ethyl adjacent to an activating group) is 1. The predicted octanol–water partition coefficient (Wildman–Crippen LogP) is 1.24. The van der Waals surface area contributed by atoms with Gasteiger partial charge in [0.2, 0.25) is 5.91 Å². The molecule has 0 bridgehead atoms. The van der Waals surface area contributed by atoms with Gasteiger partial charge in [-0.15, -0.1) is 0 Å². The van der Waals surface area contributed by atoms with Gasteiger partial charge in [0.25, 0.3) is 0 Å². The highest BCUT2D eigenvalue weighted by Crippen LogP contribution is 2.30. The second-order valence-electron chi connectivity index (χ2n) is 7.43. The van der Waals surface area contributed by atoms with Gasteiger partial charge in [0.1, 0.15) is 5.82 Å². The zero-order valence-electron chi connectivity index (χ0n) is 15.9. The number of hydrogen-bond acceptors (Lipinski definition) is 5. The van der Waals surface area contributed by atoms with Crippen LogP contribution in [0.3, 0.4) is 0 Å². The Hall–Kier alpha value is -2.87. The van der Waals surface area contributed by atoms with E-state index in [4.69, 9.17) is 10.7 Å². The molecule has 2 unspecified atom stereocenters. The van der Waals surface area contributed by atoms with Gasteiger partial charge in [0, 0.05) is 63.2 Å². The van der Waals surface area contributed by atoms with E-state index < -0.39 is 0 Å². The lowest BCUT2D eigenvalue weighted by molar-refractivity contribution is -0.131. The third kappa shape index (κ3) is 3.16. The molecule has 4 rings (SSSR count). The zero-order valence-corrected chi connectivity index (χ0v) is 15.9. The Balaban J connectivity index is 1.63. The number of hydrogen-bond donors (Lipinski definition) is 2. The maximum atomic E-state index is 12.2. The molecular weight excluding hydrogens is 342 g/mol. The summed E-state index contributed by atoms with van der Waals surface area (Å²) in [5, 5.41) is 7.76. The SMILES string of the molecule is CN(C)C(=O)C1CCC(c2cc(N)n3ncc(-c4ccn(C)c4)c3n2)CN1. The van der Waals surface area contributed by atoms with E-state index in [0.29, 0.717) is 12.4 Å². The molecule has 1 saturated heterocycles. The number of nitrogen functional groups attached to an aromatic ring is 1. The molecule has 8 nitrogen and oxygen atoms in total. The van der Waals surface area contributed by atoms with Crippen LogP contribution >= 0.6 is 0 Å². The highest BCUT2D eigenvalue weighted by Gasteiger charge is 2.28. The fraction of sp³-hybridized carbons (Fsp3) is 0.421. The van der Waals surface area contributed by atoms with Gasteiger partial charge in [-0.05, 0) is 18.9 Å². The molecule has 0 aliphatic carbocycles. The summed E-state index contributed by atoms with van der Waals surface area (Å²) in [6.45, 7) is 0.710. The number of nitrogens with one attached hydrogen (secondary N) is 1. The Labute approximate surface area is 158 Å². The van der Waals surface area contributed by atoms with Gasteiger partial charge < -0.3 is 20.5 Å². The van der Waals surface area contributed by atoms with Gasteiger partial charge in [-0.2, -0.15) is 9.61 Å². The van der Waals surface area contributed by atoms with Crippen LogP contribution in [0.5, 0.6) is 0 Å². The Kier molecular flexibility index (Phi) is 4.35. The molecule has 0 aromatic carbocycles. The summed E-state index contributed by atoms with van der Waals surface area (Å²) in [7, 11) is 5.57.